The number of furan rings is 1. The molecule has 2 heterocycles. The standard InChI is InChI=1S/C10H13N3OS/c1-3-9-12-13-10(15-9)11-6-8-5-4-7(2)14-8/h4-5H,3,6H2,1-2H3,(H,11,13). The number of hydrogen-bond donors (Lipinski definition) is 1. The Balaban J connectivity index is 1.93. The first kappa shape index (κ1) is 10.2. The lowest BCUT2D eigenvalue weighted by Gasteiger charge is -1.97. The Morgan fingerprint density at radius 1 is 1.40 bits per heavy atom. The van der Waals surface area contributed by atoms with Crippen LogP contribution in [0, 0.1) is 6.92 Å². The van der Waals surface area contributed by atoms with Crippen molar-refractivity contribution in [2.24, 2.45) is 0 Å². The van der Waals surface area contributed by atoms with E-state index in [2.05, 4.69) is 22.4 Å². The quantitative estimate of drug-likeness (QED) is 0.865. The van der Waals surface area contributed by atoms with Crippen LogP contribution < -0.4 is 5.32 Å². The predicted octanol–water partition coefficient (Wildman–Crippen LogP) is 2.61. The fourth-order valence-corrected chi connectivity index (χ4v) is 1.89. The summed E-state index contributed by atoms with van der Waals surface area (Å²) in [5, 5.41) is 13.1. The Kier molecular flexibility index (Phi) is 3.01. The van der Waals surface area contributed by atoms with E-state index in [1.807, 2.05) is 19.1 Å². The number of rotatable bonds is 4. The van der Waals surface area contributed by atoms with Gasteiger partial charge in [-0.3, -0.25) is 0 Å². The highest BCUT2D eigenvalue weighted by Crippen LogP contribution is 2.16. The summed E-state index contributed by atoms with van der Waals surface area (Å²) in [6, 6.07) is 3.92. The number of aromatic nitrogens is 2. The largest absolute Gasteiger partial charge is 0.465 e. The van der Waals surface area contributed by atoms with Gasteiger partial charge >= 0.3 is 0 Å². The van der Waals surface area contributed by atoms with Gasteiger partial charge in [0, 0.05) is 0 Å². The van der Waals surface area contributed by atoms with E-state index in [1.54, 1.807) is 11.3 Å². The van der Waals surface area contributed by atoms with E-state index in [4.69, 9.17) is 4.42 Å². The van der Waals surface area contributed by atoms with E-state index in [0.29, 0.717) is 6.54 Å². The highest BCUT2D eigenvalue weighted by Gasteiger charge is 2.03. The van der Waals surface area contributed by atoms with Crippen molar-refractivity contribution in [3.05, 3.63) is 28.7 Å². The summed E-state index contributed by atoms with van der Waals surface area (Å²) in [6.45, 7) is 4.66. The lowest BCUT2D eigenvalue weighted by Crippen LogP contribution is -1.97. The maximum Gasteiger partial charge on any atom is 0.206 e. The third-order valence-electron chi connectivity index (χ3n) is 1.98. The Morgan fingerprint density at radius 3 is 2.87 bits per heavy atom. The van der Waals surface area contributed by atoms with E-state index in [0.717, 1.165) is 28.1 Å². The van der Waals surface area contributed by atoms with Gasteiger partial charge in [0.15, 0.2) is 0 Å². The summed E-state index contributed by atoms with van der Waals surface area (Å²) in [5.41, 5.74) is 0. The number of nitrogens with zero attached hydrogens (tertiary/aromatic N) is 2. The summed E-state index contributed by atoms with van der Waals surface area (Å²) in [7, 11) is 0. The van der Waals surface area contributed by atoms with E-state index in [-0.39, 0.29) is 0 Å². The van der Waals surface area contributed by atoms with E-state index in [9.17, 15) is 0 Å². The van der Waals surface area contributed by atoms with Crippen LogP contribution in [-0.4, -0.2) is 10.2 Å². The zero-order valence-corrected chi connectivity index (χ0v) is 9.60. The van der Waals surface area contributed by atoms with Gasteiger partial charge in [-0.2, -0.15) is 0 Å². The van der Waals surface area contributed by atoms with Gasteiger partial charge in [-0.25, -0.2) is 0 Å². The summed E-state index contributed by atoms with van der Waals surface area (Å²) >= 11 is 1.58. The van der Waals surface area contributed by atoms with Crippen LogP contribution >= 0.6 is 11.3 Å². The first-order valence-electron chi connectivity index (χ1n) is 4.89. The van der Waals surface area contributed by atoms with Gasteiger partial charge in [0.2, 0.25) is 5.13 Å². The van der Waals surface area contributed by atoms with Gasteiger partial charge in [-0.15, -0.1) is 10.2 Å². The Bertz CT molecular complexity index is 435. The Morgan fingerprint density at radius 2 is 2.27 bits per heavy atom. The Labute approximate surface area is 92.3 Å². The Hall–Kier alpha value is -1.36. The molecule has 0 bridgehead atoms. The molecule has 0 aliphatic heterocycles. The first-order valence-corrected chi connectivity index (χ1v) is 5.71. The van der Waals surface area contributed by atoms with E-state index in [1.165, 1.54) is 0 Å². The molecule has 5 heteroatoms. The molecule has 4 nitrogen and oxygen atoms in total. The predicted molar refractivity (Wildman–Crippen MR) is 60.1 cm³/mol. The van der Waals surface area contributed by atoms with Crippen LogP contribution in [0.1, 0.15) is 23.5 Å². The molecular weight excluding hydrogens is 210 g/mol. The van der Waals surface area contributed by atoms with Gasteiger partial charge in [0.05, 0.1) is 6.54 Å². The van der Waals surface area contributed by atoms with Gasteiger partial charge < -0.3 is 9.73 Å². The first-order chi connectivity index (χ1) is 7.28. The normalized spacial score (nSPS) is 10.5. The number of hydrogen-bond acceptors (Lipinski definition) is 5. The average Bonchev–Trinajstić information content (AvgIpc) is 2.83. The number of nitrogens with one attached hydrogen (secondary N) is 1. The molecule has 0 spiro atoms. The minimum absolute atomic E-state index is 0.659. The minimum atomic E-state index is 0.659. The molecule has 0 radical (unpaired) electrons. The van der Waals surface area contributed by atoms with E-state index < -0.39 is 0 Å². The van der Waals surface area contributed by atoms with Crippen LogP contribution in [0.4, 0.5) is 5.13 Å². The van der Waals surface area contributed by atoms with Gasteiger partial charge in [0.1, 0.15) is 16.5 Å². The van der Waals surface area contributed by atoms with Crippen molar-refractivity contribution in [1.82, 2.24) is 10.2 Å². The third-order valence-corrected chi connectivity index (χ3v) is 3.00. The molecule has 0 aliphatic rings. The highest BCUT2D eigenvalue weighted by atomic mass is 32.1. The van der Waals surface area contributed by atoms with Crippen molar-refractivity contribution in [2.75, 3.05) is 5.32 Å². The molecule has 0 saturated heterocycles. The highest BCUT2D eigenvalue weighted by molar-refractivity contribution is 7.15. The molecule has 0 atom stereocenters. The molecule has 0 fully saturated rings. The van der Waals surface area contributed by atoms with Crippen LogP contribution in [-0.2, 0) is 13.0 Å². The van der Waals surface area contributed by atoms with Gasteiger partial charge in [-0.1, -0.05) is 18.3 Å². The monoisotopic (exact) mass is 223 g/mol. The summed E-state index contributed by atoms with van der Waals surface area (Å²) < 4.78 is 5.43. The molecule has 0 saturated carbocycles. The molecule has 80 valence electrons. The maximum absolute atomic E-state index is 5.43. The molecule has 2 aromatic rings. The van der Waals surface area contributed by atoms with Crippen molar-refractivity contribution in [3.8, 4) is 0 Å². The number of aryl methyl sites for hydroxylation is 2. The zero-order chi connectivity index (χ0) is 10.7. The maximum atomic E-state index is 5.43. The summed E-state index contributed by atoms with van der Waals surface area (Å²) in [5.74, 6) is 1.85. The molecular formula is C10H13N3OS. The van der Waals surface area contributed by atoms with Crippen molar-refractivity contribution in [1.29, 1.82) is 0 Å². The molecule has 0 unspecified atom stereocenters. The molecule has 0 aliphatic carbocycles. The number of anilines is 1. The van der Waals surface area contributed by atoms with Crippen LogP contribution in [0.15, 0.2) is 16.5 Å². The van der Waals surface area contributed by atoms with Crippen LogP contribution in [0.3, 0.4) is 0 Å². The second-order valence-electron chi connectivity index (χ2n) is 3.22. The van der Waals surface area contributed by atoms with Crippen molar-refractivity contribution >= 4 is 16.5 Å². The fourth-order valence-electron chi connectivity index (χ4n) is 1.21. The van der Waals surface area contributed by atoms with Gasteiger partial charge in [0.25, 0.3) is 0 Å². The van der Waals surface area contributed by atoms with E-state index >= 15 is 0 Å². The van der Waals surface area contributed by atoms with Crippen LogP contribution in [0.2, 0.25) is 0 Å². The summed E-state index contributed by atoms with van der Waals surface area (Å²) in [4.78, 5) is 0. The zero-order valence-electron chi connectivity index (χ0n) is 8.78. The molecule has 2 aromatic heterocycles. The molecule has 0 amide bonds. The van der Waals surface area contributed by atoms with Crippen molar-refractivity contribution in [3.63, 3.8) is 0 Å². The van der Waals surface area contributed by atoms with Crippen molar-refractivity contribution in [2.45, 2.75) is 26.8 Å². The van der Waals surface area contributed by atoms with Crippen LogP contribution in [0.25, 0.3) is 0 Å². The lowest BCUT2D eigenvalue weighted by molar-refractivity contribution is 0.490. The average molecular weight is 223 g/mol. The smallest absolute Gasteiger partial charge is 0.206 e. The SMILES string of the molecule is CCc1nnc(NCc2ccc(C)o2)s1. The van der Waals surface area contributed by atoms with Crippen molar-refractivity contribution < 1.29 is 4.42 Å². The topological polar surface area (TPSA) is 51.0 Å². The fraction of sp³-hybridized carbons (Fsp3) is 0.400. The lowest BCUT2D eigenvalue weighted by atomic mass is 10.4. The third kappa shape index (κ3) is 2.56. The van der Waals surface area contributed by atoms with Gasteiger partial charge in [-0.05, 0) is 25.5 Å². The second kappa shape index (κ2) is 4.44. The minimum Gasteiger partial charge on any atom is -0.465 e. The molecule has 0 aromatic carbocycles. The summed E-state index contributed by atoms with van der Waals surface area (Å²) in [6.07, 6.45) is 0.930. The van der Waals surface area contributed by atoms with Crippen LogP contribution in [0.5, 0.6) is 0 Å². The second-order valence-corrected chi connectivity index (χ2v) is 4.28. The molecule has 1 N–H and O–H groups in total. The molecule has 15 heavy (non-hydrogen) atoms. The molecule has 2 rings (SSSR count).